The number of carbonyl (C=O) groups excluding carboxylic acids is 22. The summed E-state index contributed by atoms with van der Waals surface area (Å²) >= 11 is 0. The van der Waals surface area contributed by atoms with E-state index in [1.165, 1.54) is 6.92 Å². The van der Waals surface area contributed by atoms with Crippen LogP contribution >= 0.6 is 33.2 Å². The van der Waals surface area contributed by atoms with E-state index in [1.54, 1.807) is 136 Å². The second-order valence-electron chi connectivity index (χ2n) is 36.4. The third kappa shape index (κ3) is 51.7. The van der Waals surface area contributed by atoms with Crippen LogP contribution in [0.4, 0.5) is 0 Å². The molecule has 0 aliphatic carbocycles. The van der Waals surface area contributed by atoms with Gasteiger partial charge in [0.05, 0.1) is 58.8 Å². The topological polar surface area (TPSA) is 592 Å². The number of carbonyl (C=O) groups is 22. The Balaban J connectivity index is 1.71. The zero-order valence-electron chi connectivity index (χ0n) is 84.1. The monoisotopic (exact) mass is 2050 g/mol. The lowest BCUT2D eigenvalue weighted by molar-refractivity contribution is -0.135. The molecule has 15 unspecified atom stereocenters. The first-order chi connectivity index (χ1) is 67.8. The number of rotatable bonds is 68. The van der Waals surface area contributed by atoms with Crippen LogP contribution < -0.4 is 95.7 Å². The van der Waals surface area contributed by atoms with E-state index in [0.29, 0.717) is 43.3 Å². The largest absolute Gasteiger partial charge is 0.347 e. The first-order valence-electron chi connectivity index (χ1n) is 48.2. The summed E-state index contributed by atoms with van der Waals surface area (Å²) in [6.07, 6.45) is -3.07. The van der Waals surface area contributed by atoms with Crippen molar-refractivity contribution in [3.05, 3.63) is 144 Å². The van der Waals surface area contributed by atoms with Crippen molar-refractivity contribution < 1.29 is 105 Å². The summed E-state index contributed by atoms with van der Waals surface area (Å²) < 4.78 is 0. The zero-order valence-corrected chi connectivity index (χ0v) is 88.0. The maximum atomic E-state index is 14.6. The van der Waals surface area contributed by atoms with E-state index in [9.17, 15) is 105 Å². The highest BCUT2D eigenvalue weighted by Gasteiger charge is 2.36. The van der Waals surface area contributed by atoms with E-state index in [-0.39, 0.29) is 149 Å². The van der Waals surface area contributed by atoms with Crippen LogP contribution in [0.25, 0.3) is 0 Å². The van der Waals surface area contributed by atoms with Crippen LogP contribution in [0.2, 0.25) is 20.5 Å². The maximum absolute atomic E-state index is 14.6. The quantitative estimate of drug-likeness (QED) is 0.0177. The summed E-state index contributed by atoms with van der Waals surface area (Å²) in [5.74, 6) is -17.5. The summed E-state index contributed by atoms with van der Waals surface area (Å²) in [5, 5.41) is 46.2. The molecule has 0 radical (unpaired) electrons. The molecule has 0 aliphatic rings. The minimum Gasteiger partial charge on any atom is -0.347 e. The van der Waals surface area contributed by atoms with Crippen LogP contribution in [0.3, 0.4) is 0 Å². The molecule has 0 heterocycles. The number of benzene rings is 4. The van der Waals surface area contributed by atoms with Gasteiger partial charge in [0, 0.05) is 44.4 Å². The van der Waals surface area contributed by atoms with Crippen LogP contribution in [0.15, 0.2) is 121 Å². The standard InChI is InChI=1S/C95H142B4N18O22P4/c1-55(2)38-65(87(131)104-51-81(125)140-97-10)114-92(136)70(43-61-28-20-15-21-29-61)110-78(122)48-101-76(120)46-73(91(135)103-50-80(124)112-72(45-63-32-24-17-25-33-63)95(139)116-67(40-57(5)6)89(133)106-53-83(127)142-99-12)113-85(129)59(9)34-36-75(119)108-64(86(130)102-49-79(123)111-71(44-62-30-22-16-23-31-62)94(138)115-66(39-56(3)4)88(132)105-52-82(126)141-98-11)35-37-74(118)100-47-77(121)109-69(42-60-26-18-14-19-27-60)93(137)117-68(41-58(7)8)90(134)107-54-84(128)143(13)96/h14-33,55-59,64-73,97-99,140-142H,34-54,96H2,1-13H3,(H,100,118)(H,101,120)(H,102,130)(H,103,135)(H,104,131)(H,105,132)(H,106,133)(H,107,134)(H,108,119)(H,109,121)(H,110,122)(H,111,123)(H,112,124)(H,113,129)(H,114,136)(H,115,138)(H,116,139)(H,117,137). The molecule has 4 aromatic carbocycles. The molecule has 776 valence electrons. The van der Waals surface area contributed by atoms with Gasteiger partial charge in [0.25, 0.3) is 0 Å². The van der Waals surface area contributed by atoms with E-state index >= 15 is 0 Å². The first kappa shape index (κ1) is 123. The Kier molecular flexibility index (Phi) is 58.2. The molecule has 0 spiro atoms. The highest BCUT2D eigenvalue weighted by Crippen LogP contribution is 2.24. The molecule has 4 aromatic rings. The molecular formula is C95H142B4N18O22P4. The predicted molar refractivity (Wildman–Crippen MR) is 559 cm³/mol. The van der Waals surface area contributed by atoms with Gasteiger partial charge in [-0.25, -0.2) is 0 Å². The fourth-order valence-electron chi connectivity index (χ4n) is 14.3. The smallest absolute Gasteiger partial charge is 0.243 e. The van der Waals surface area contributed by atoms with Gasteiger partial charge in [-0.3, -0.25) is 105 Å². The molecule has 0 bridgehead atoms. The number of amides is 18. The van der Waals surface area contributed by atoms with Gasteiger partial charge >= 0.3 is 0 Å². The van der Waals surface area contributed by atoms with Crippen LogP contribution in [-0.2, 0) is 131 Å². The van der Waals surface area contributed by atoms with Gasteiger partial charge in [-0.2, -0.15) is 0 Å². The SMILES string of the molecule is BP(C)C(=O)CNC(=O)C(CC(C)C)NC(=O)C(Cc1ccccc1)NC(=O)CNC(=O)CCC(NC(=O)CCC(C)C(=O)NC(CC(=O)NCC(=O)NC(Cc1ccccc1)C(=O)NC(CC(C)C)C(=O)NCC(=O)PBC)C(=O)NCC(=O)NC(Cc1ccccc1)C(=O)NC(CC(C)C)C(=O)NCC(=O)PBC)C(=O)NCC(=O)NC(Cc1ccccc1)C(=O)NC(CC(C)C)C(=O)NCC(=O)PBC. The molecule has 0 fully saturated rings. The van der Waals surface area contributed by atoms with Crippen molar-refractivity contribution in [3.8, 4) is 0 Å². The lowest BCUT2D eigenvalue weighted by Crippen LogP contribution is -2.57. The lowest BCUT2D eigenvalue weighted by Gasteiger charge is -2.25. The molecular weight excluding hydrogens is 1910 g/mol. The molecule has 40 nitrogen and oxygen atoms in total. The molecule has 0 aromatic heterocycles. The Bertz CT molecular complexity index is 4940. The Morgan fingerprint density at radius 2 is 0.510 bits per heavy atom. The molecule has 0 saturated heterocycles. The van der Waals surface area contributed by atoms with Gasteiger partial charge in [-0.1, -0.05) is 237 Å². The summed E-state index contributed by atoms with van der Waals surface area (Å²) in [6.45, 7) is 20.2. The minimum atomic E-state index is -1.92. The molecule has 143 heavy (non-hydrogen) atoms. The fourth-order valence-corrected chi connectivity index (χ4v) is 16.5. The minimum absolute atomic E-state index is 0.0527. The van der Waals surface area contributed by atoms with Crippen molar-refractivity contribution in [3.63, 3.8) is 0 Å². The highest BCUT2D eigenvalue weighted by atomic mass is 31.1. The summed E-state index contributed by atoms with van der Waals surface area (Å²) in [4.78, 5) is 303. The van der Waals surface area contributed by atoms with Gasteiger partial charge in [0.2, 0.25) is 106 Å². The number of hydrogen-bond donors (Lipinski definition) is 18. The van der Waals surface area contributed by atoms with E-state index in [1.807, 2.05) is 75.9 Å². The van der Waals surface area contributed by atoms with Crippen LogP contribution in [-0.4, -0.2) is 276 Å². The van der Waals surface area contributed by atoms with Crippen molar-refractivity contribution in [1.82, 2.24) is 95.7 Å². The van der Waals surface area contributed by atoms with Crippen molar-refractivity contribution in [1.29, 1.82) is 0 Å². The number of hydrogen-bond acceptors (Lipinski definition) is 22. The van der Waals surface area contributed by atoms with Crippen LogP contribution in [0, 0.1) is 29.6 Å². The van der Waals surface area contributed by atoms with E-state index < -0.39 is 239 Å². The average Bonchev–Trinajstić information content (AvgIpc) is 0.870. The van der Waals surface area contributed by atoms with E-state index in [2.05, 4.69) is 95.7 Å². The average molecular weight is 2060 g/mol. The third-order valence-electron chi connectivity index (χ3n) is 21.7. The van der Waals surface area contributed by atoms with Gasteiger partial charge in [-0.15, -0.1) is 0 Å². The fraction of sp³-hybridized carbons (Fsp3) is 0.516. The van der Waals surface area contributed by atoms with Crippen molar-refractivity contribution >= 4 is 190 Å². The summed E-state index contributed by atoms with van der Waals surface area (Å²) in [5.41, 5.74) is 1.51. The molecule has 18 N–H and O–H groups in total. The van der Waals surface area contributed by atoms with Crippen molar-refractivity contribution in [2.24, 2.45) is 29.6 Å². The van der Waals surface area contributed by atoms with Crippen LogP contribution in [0.5, 0.6) is 0 Å². The summed E-state index contributed by atoms with van der Waals surface area (Å²) in [6, 6.07) is 20.2. The van der Waals surface area contributed by atoms with Gasteiger partial charge in [0.1, 0.15) is 68.0 Å². The Hall–Kier alpha value is -12.0. The summed E-state index contributed by atoms with van der Waals surface area (Å²) in [7, 11) is 0.529. The second kappa shape index (κ2) is 67.5. The third-order valence-corrected chi connectivity index (χ3v) is 25.7. The maximum Gasteiger partial charge on any atom is 0.243 e. The molecule has 18 amide bonds. The van der Waals surface area contributed by atoms with Gasteiger partial charge in [-0.05, 0) is 91.1 Å². The Morgan fingerprint density at radius 1 is 0.266 bits per heavy atom. The second-order valence-corrected chi connectivity index (χ2v) is 43.5. The van der Waals surface area contributed by atoms with Gasteiger partial charge in [0.15, 0.2) is 43.1 Å². The van der Waals surface area contributed by atoms with Crippen molar-refractivity contribution in [2.45, 2.75) is 227 Å². The van der Waals surface area contributed by atoms with E-state index in [0.717, 1.165) is 0 Å². The normalized spacial score (nSPS) is 13.7. The molecule has 4 rings (SSSR count). The Morgan fingerprint density at radius 3 is 0.797 bits per heavy atom. The lowest BCUT2D eigenvalue weighted by atomic mass is 10.0. The Labute approximate surface area is 845 Å². The first-order valence-corrected chi connectivity index (χ1v) is 54.1. The predicted octanol–water partition coefficient (Wildman–Crippen LogP) is -1.49. The molecule has 15 atom stereocenters. The van der Waals surface area contributed by atoms with Crippen LogP contribution in [0.1, 0.15) is 142 Å². The number of nitrogens with one attached hydrogen (secondary N) is 18. The van der Waals surface area contributed by atoms with Gasteiger partial charge < -0.3 is 95.7 Å². The van der Waals surface area contributed by atoms with E-state index in [4.69, 9.17) is 0 Å². The highest BCUT2D eigenvalue weighted by molar-refractivity contribution is 7.94. The van der Waals surface area contributed by atoms with Crippen molar-refractivity contribution in [2.75, 3.05) is 59.0 Å². The molecule has 0 saturated carbocycles. The molecule has 0 aliphatic heterocycles. The zero-order chi connectivity index (χ0) is 106. The molecule has 48 heteroatoms.